The Hall–Kier alpha value is -1.83. The lowest BCUT2D eigenvalue weighted by atomic mass is 9.94. The number of unbranched alkanes of at least 4 members (excludes halogenated alkanes) is 24. The average molecular weight is 770 g/mol. The molecule has 0 saturated heterocycles. The maximum absolute atomic E-state index is 13.1. The first-order chi connectivity index (χ1) is 26.1. The van der Waals surface area contributed by atoms with Gasteiger partial charge in [-0.15, -0.1) is 23.1 Å². The molecule has 0 fully saturated rings. The standard InChI is InChI=1S/C46H75NO4S2/c1-3-5-7-9-11-13-15-17-19-21-23-25-27-30-44(48)50-42-36-39-33-34-47-41(38-53-46-32-29-35-52-46)40(39)37-43(42)51-45(49)31-28-26-24-22-20-18-16-14-12-10-8-6-4-2/h29,32,35-37,41,47H,3-28,30-31,33-34,38H2,1-2H3. The quantitative estimate of drug-likeness (QED) is 0.0338. The number of carbonyl (C=O) groups excluding carboxylic acids is 2. The smallest absolute Gasteiger partial charge is 0.311 e. The van der Waals surface area contributed by atoms with Gasteiger partial charge in [-0.25, -0.2) is 0 Å². The third kappa shape index (κ3) is 21.2. The fourth-order valence-corrected chi connectivity index (χ4v) is 9.29. The highest BCUT2D eigenvalue weighted by molar-refractivity contribution is 8.01. The molecule has 0 radical (unpaired) electrons. The van der Waals surface area contributed by atoms with Crippen molar-refractivity contribution in [2.24, 2.45) is 0 Å². The molecule has 1 unspecified atom stereocenters. The number of esters is 2. The van der Waals surface area contributed by atoms with Crippen LogP contribution in [0.1, 0.15) is 211 Å². The molecule has 1 N–H and O–H groups in total. The molecule has 0 aliphatic carbocycles. The van der Waals surface area contributed by atoms with E-state index in [4.69, 9.17) is 9.47 Å². The minimum absolute atomic E-state index is 0.139. The van der Waals surface area contributed by atoms with Crippen molar-refractivity contribution in [1.29, 1.82) is 0 Å². The Kier molecular flexibility index (Phi) is 26.1. The van der Waals surface area contributed by atoms with Gasteiger partial charge in [-0.1, -0.05) is 174 Å². The lowest BCUT2D eigenvalue weighted by molar-refractivity contribution is -0.137. The van der Waals surface area contributed by atoms with Crippen LogP contribution >= 0.6 is 23.1 Å². The van der Waals surface area contributed by atoms with Crippen LogP contribution in [-0.4, -0.2) is 24.2 Å². The van der Waals surface area contributed by atoms with Crippen LogP contribution in [0, 0.1) is 0 Å². The number of ether oxygens (including phenoxy) is 2. The van der Waals surface area contributed by atoms with E-state index < -0.39 is 0 Å². The van der Waals surface area contributed by atoms with E-state index in [1.165, 1.54) is 151 Å². The Balaban J connectivity index is 1.42. The highest BCUT2D eigenvalue weighted by Gasteiger charge is 2.25. The first-order valence-electron chi connectivity index (χ1n) is 22.1. The van der Waals surface area contributed by atoms with Gasteiger partial charge in [0, 0.05) is 24.6 Å². The van der Waals surface area contributed by atoms with Crippen molar-refractivity contribution in [1.82, 2.24) is 5.32 Å². The van der Waals surface area contributed by atoms with Crippen LogP contribution in [0.5, 0.6) is 11.5 Å². The molecule has 1 atom stereocenters. The minimum atomic E-state index is -0.241. The van der Waals surface area contributed by atoms with E-state index in [9.17, 15) is 9.59 Å². The maximum Gasteiger partial charge on any atom is 0.311 e. The van der Waals surface area contributed by atoms with Crippen LogP contribution in [0.25, 0.3) is 0 Å². The van der Waals surface area contributed by atoms with E-state index in [-0.39, 0.29) is 18.0 Å². The second-order valence-corrected chi connectivity index (χ2v) is 17.7. The average Bonchev–Trinajstić information content (AvgIpc) is 3.69. The van der Waals surface area contributed by atoms with Crippen LogP contribution in [0.2, 0.25) is 0 Å². The Morgan fingerprint density at radius 3 is 1.51 bits per heavy atom. The molecular formula is C46H75NO4S2. The molecular weight excluding hydrogens is 695 g/mol. The Labute approximate surface area is 332 Å². The molecule has 2 aromatic rings. The molecule has 53 heavy (non-hydrogen) atoms. The molecule has 0 spiro atoms. The van der Waals surface area contributed by atoms with Crippen LogP contribution in [-0.2, 0) is 16.0 Å². The molecule has 1 aliphatic rings. The van der Waals surface area contributed by atoms with E-state index in [1.807, 2.05) is 23.9 Å². The summed E-state index contributed by atoms with van der Waals surface area (Å²) in [5, 5.41) is 5.77. The van der Waals surface area contributed by atoms with Crippen LogP contribution in [0.4, 0.5) is 0 Å². The number of thiophene rings is 1. The van der Waals surface area contributed by atoms with Gasteiger partial charge < -0.3 is 14.8 Å². The van der Waals surface area contributed by atoms with Gasteiger partial charge in [0.15, 0.2) is 11.5 Å². The van der Waals surface area contributed by atoms with Crippen LogP contribution < -0.4 is 14.8 Å². The monoisotopic (exact) mass is 770 g/mol. The predicted molar refractivity (Wildman–Crippen MR) is 228 cm³/mol. The molecule has 0 saturated carbocycles. The summed E-state index contributed by atoms with van der Waals surface area (Å²) in [5.41, 5.74) is 2.31. The number of thioether (sulfide) groups is 1. The molecule has 1 aromatic heterocycles. The zero-order valence-electron chi connectivity index (χ0n) is 33.8. The molecule has 2 heterocycles. The van der Waals surface area contributed by atoms with Gasteiger partial charge in [0.05, 0.1) is 4.21 Å². The topological polar surface area (TPSA) is 64.6 Å². The van der Waals surface area contributed by atoms with Gasteiger partial charge >= 0.3 is 11.9 Å². The van der Waals surface area contributed by atoms with E-state index >= 15 is 0 Å². The molecule has 3 rings (SSSR count). The summed E-state index contributed by atoms with van der Waals surface area (Å²) < 4.78 is 13.2. The van der Waals surface area contributed by atoms with Gasteiger partial charge in [0.25, 0.3) is 0 Å². The fourth-order valence-electron chi connectivity index (χ4n) is 7.39. The first kappa shape index (κ1) is 45.6. The van der Waals surface area contributed by atoms with Gasteiger partial charge in [0.2, 0.25) is 0 Å². The molecule has 300 valence electrons. The van der Waals surface area contributed by atoms with Crippen molar-refractivity contribution in [2.45, 2.75) is 210 Å². The van der Waals surface area contributed by atoms with Crippen molar-refractivity contribution >= 4 is 35.0 Å². The number of hydrogen-bond acceptors (Lipinski definition) is 7. The van der Waals surface area contributed by atoms with Crippen LogP contribution in [0.3, 0.4) is 0 Å². The normalized spacial score (nSPS) is 14.0. The second kappa shape index (κ2) is 30.4. The summed E-state index contributed by atoms with van der Waals surface area (Å²) in [6.45, 7) is 5.41. The summed E-state index contributed by atoms with van der Waals surface area (Å²) in [7, 11) is 0. The number of fused-ring (bicyclic) bond motifs is 1. The lowest BCUT2D eigenvalue weighted by Crippen LogP contribution is -2.31. The highest BCUT2D eigenvalue weighted by atomic mass is 32.2. The zero-order chi connectivity index (χ0) is 37.6. The van der Waals surface area contributed by atoms with E-state index in [0.717, 1.165) is 50.0 Å². The number of hydrogen-bond donors (Lipinski definition) is 1. The summed E-state index contributed by atoms with van der Waals surface area (Å²) in [5.74, 6) is 1.19. The predicted octanol–water partition coefficient (Wildman–Crippen LogP) is 14.5. The first-order valence-corrected chi connectivity index (χ1v) is 23.9. The second-order valence-electron chi connectivity index (χ2n) is 15.4. The van der Waals surface area contributed by atoms with Gasteiger partial charge in [-0.3, -0.25) is 9.59 Å². The summed E-state index contributed by atoms with van der Waals surface area (Å²) in [6.07, 6.45) is 34.7. The Morgan fingerprint density at radius 1 is 0.642 bits per heavy atom. The number of rotatable bonds is 33. The molecule has 5 nitrogen and oxygen atoms in total. The Bertz CT molecular complexity index is 1220. The molecule has 1 aliphatic heterocycles. The van der Waals surface area contributed by atoms with Crippen molar-refractivity contribution in [2.75, 3.05) is 12.3 Å². The van der Waals surface area contributed by atoms with Gasteiger partial charge in [-0.2, -0.15) is 0 Å². The molecule has 1 aromatic carbocycles. The van der Waals surface area contributed by atoms with Crippen molar-refractivity contribution in [3.63, 3.8) is 0 Å². The summed E-state index contributed by atoms with van der Waals surface area (Å²) >= 11 is 3.60. The van der Waals surface area contributed by atoms with Crippen molar-refractivity contribution in [3.05, 3.63) is 40.8 Å². The fraction of sp³-hybridized carbons (Fsp3) is 0.739. The Morgan fingerprint density at radius 2 is 1.08 bits per heavy atom. The largest absolute Gasteiger partial charge is 0.423 e. The number of benzene rings is 1. The van der Waals surface area contributed by atoms with E-state index in [1.54, 1.807) is 11.3 Å². The lowest BCUT2D eigenvalue weighted by Gasteiger charge is -2.28. The zero-order valence-corrected chi connectivity index (χ0v) is 35.5. The van der Waals surface area contributed by atoms with Crippen molar-refractivity contribution < 1.29 is 19.1 Å². The summed E-state index contributed by atoms with van der Waals surface area (Å²) in [4.78, 5) is 26.2. The molecule has 0 amide bonds. The molecule has 0 bridgehead atoms. The minimum Gasteiger partial charge on any atom is -0.423 e. The highest BCUT2D eigenvalue weighted by Crippen LogP contribution is 2.38. The van der Waals surface area contributed by atoms with E-state index in [2.05, 4.69) is 36.7 Å². The SMILES string of the molecule is CCCCCCCCCCCCCCCC(=O)Oc1cc2c(cc1OC(=O)CCCCCCCCCCCCCCC)C(CSc1cccs1)NCC2. The van der Waals surface area contributed by atoms with Crippen molar-refractivity contribution in [3.8, 4) is 11.5 Å². The van der Waals surface area contributed by atoms with Gasteiger partial charge in [-0.05, 0) is 60.5 Å². The maximum atomic E-state index is 13.1. The third-order valence-electron chi connectivity index (χ3n) is 10.7. The van der Waals surface area contributed by atoms with Crippen LogP contribution in [0.15, 0.2) is 33.9 Å². The van der Waals surface area contributed by atoms with Gasteiger partial charge in [0.1, 0.15) is 0 Å². The number of carbonyl (C=O) groups is 2. The third-order valence-corrected chi connectivity index (χ3v) is 12.9. The van der Waals surface area contributed by atoms with E-state index in [0.29, 0.717) is 24.3 Å². The molecule has 7 heteroatoms. The summed E-state index contributed by atoms with van der Waals surface area (Å²) in [6, 6.07) is 8.32. The number of nitrogens with one attached hydrogen (secondary N) is 1.